The fourth-order valence-corrected chi connectivity index (χ4v) is 3.25. The van der Waals surface area contributed by atoms with Crippen LogP contribution in [-0.2, 0) is 11.3 Å². The second kappa shape index (κ2) is 9.83. The average Bonchev–Trinajstić information content (AvgIpc) is 2.70. The molecule has 2 aromatic carbocycles. The van der Waals surface area contributed by atoms with Crippen LogP contribution in [0, 0.1) is 0 Å². The van der Waals surface area contributed by atoms with E-state index in [2.05, 4.69) is 5.32 Å². The van der Waals surface area contributed by atoms with E-state index in [1.54, 1.807) is 23.1 Å². The predicted octanol–water partition coefficient (Wildman–Crippen LogP) is 4.37. The third-order valence-corrected chi connectivity index (χ3v) is 5.16. The zero-order valence-corrected chi connectivity index (χ0v) is 16.4. The van der Waals surface area contributed by atoms with Crippen LogP contribution in [0.3, 0.4) is 0 Å². The standard InChI is InChI=1S/C20H22Cl2N2O3/c21-17-7-4-8-18(19(17)22)26-12-9-16-13-24(11-10-23-16)20(25)27-14-15-5-2-1-3-6-15/h1-8,16,23H,9-14H2/t16-/m1/s1. The summed E-state index contributed by atoms with van der Waals surface area (Å²) < 4.78 is 11.1. The number of carbonyl (C=O) groups excluding carboxylic acids is 1. The van der Waals surface area contributed by atoms with Crippen molar-refractivity contribution < 1.29 is 14.3 Å². The summed E-state index contributed by atoms with van der Waals surface area (Å²) in [5, 5.41) is 4.29. The molecule has 0 radical (unpaired) electrons. The van der Waals surface area contributed by atoms with Crippen LogP contribution in [0.4, 0.5) is 4.79 Å². The minimum Gasteiger partial charge on any atom is -0.492 e. The van der Waals surface area contributed by atoms with Gasteiger partial charge in [0.05, 0.1) is 11.6 Å². The quantitative estimate of drug-likeness (QED) is 0.770. The number of piperazine rings is 1. The van der Waals surface area contributed by atoms with Gasteiger partial charge in [-0.25, -0.2) is 4.79 Å². The van der Waals surface area contributed by atoms with Gasteiger partial charge in [0.1, 0.15) is 17.4 Å². The monoisotopic (exact) mass is 408 g/mol. The summed E-state index contributed by atoms with van der Waals surface area (Å²) in [4.78, 5) is 14.0. The number of amides is 1. The van der Waals surface area contributed by atoms with E-state index in [1.807, 2.05) is 30.3 Å². The van der Waals surface area contributed by atoms with Gasteiger partial charge in [-0.15, -0.1) is 0 Å². The maximum atomic E-state index is 12.3. The molecule has 3 rings (SSSR count). The maximum Gasteiger partial charge on any atom is 0.410 e. The number of benzene rings is 2. The molecule has 144 valence electrons. The number of carbonyl (C=O) groups is 1. The zero-order valence-electron chi connectivity index (χ0n) is 14.9. The molecule has 1 aliphatic rings. The lowest BCUT2D eigenvalue weighted by Crippen LogP contribution is -2.53. The van der Waals surface area contributed by atoms with Gasteiger partial charge in [0.25, 0.3) is 0 Å². The Hall–Kier alpha value is -1.95. The molecule has 1 saturated heterocycles. The molecular weight excluding hydrogens is 387 g/mol. The molecule has 1 amide bonds. The average molecular weight is 409 g/mol. The van der Waals surface area contributed by atoms with Crippen LogP contribution in [0.25, 0.3) is 0 Å². The topological polar surface area (TPSA) is 50.8 Å². The number of ether oxygens (including phenoxy) is 2. The van der Waals surface area contributed by atoms with Gasteiger partial charge < -0.3 is 19.7 Å². The molecule has 0 spiro atoms. The van der Waals surface area contributed by atoms with Gasteiger partial charge in [-0.3, -0.25) is 0 Å². The van der Waals surface area contributed by atoms with E-state index in [-0.39, 0.29) is 18.7 Å². The van der Waals surface area contributed by atoms with Crippen molar-refractivity contribution in [1.82, 2.24) is 10.2 Å². The Morgan fingerprint density at radius 1 is 1.15 bits per heavy atom. The van der Waals surface area contributed by atoms with Gasteiger partial charge in [0.15, 0.2) is 0 Å². The van der Waals surface area contributed by atoms with Crippen LogP contribution in [0.15, 0.2) is 48.5 Å². The molecule has 1 heterocycles. The van der Waals surface area contributed by atoms with E-state index in [0.717, 1.165) is 18.5 Å². The first kappa shape index (κ1) is 19.8. The fourth-order valence-electron chi connectivity index (χ4n) is 2.90. The van der Waals surface area contributed by atoms with E-state index >= 15 is 0 Å². The van der Waals surface area contributed by atoms with Gasteiger partial charge in [-0.1, -0.05) is 59.6 Å². The Kier molecular flexibility index (Phi) is 7.21. The third kappa shape index (κ3) is 5.76. The first-order valence-electron chi connectivity index (χ1n) is 8.89. The van der Waals surface area contributed by atoms with Crippen LogP contribution in [0.5, 0.6) is 5.75 Å². The number of nitrogens with zero attached hydrogens (tertiary/aromatic N) is 1. The molecule has 0 aliphatic carbocycles. The maximum absolute atomic E-state index is 12.3. The van der Waals surface area contributed by atoms with Crippen LogP contribution < -0.4 is 10.1 Å². The minimum absolute atomic E-state index is 0.140. The molecule has 0 bridgehead atoms. The normalized spacial score (nSPS) is 16.8. The van der Waals surface area contributed by atoms with Gasteiger partial charge in [-0.2, -0.15) is 0 Å². The number of nitrogens with one attached hydrogen (secondary N) is 1. The van der Waals surface area contributed by atoms with Crippen molar-refractivity contribution in [2.45, 2.75) is 19.1 Å². The smallest absolute Gasteiger partial charge is 0.410 e. The molecule has 0 aromatic heterocycles. The second-order valence-electron chi connectivity index (χ2n) is 6.33. The van der Waals surface area contributed by atoms with Gasteiger partial charge in [0.2, 0.25) is 0 Å². The molecule has 1 fully saturated rings. The van der Waals surface area contributed by atoms with E-state index in [9.17, 15) is 4.79 Å². The fraction of sp³-hybridized carbons (Fsp3) is 0.350. The lowest BCUT2D eigenvalue weighted by molar-refractivity contribution is 0.0827. The largest absolute Gasteiger partial charge is 0.492 e. The van der Waals surface area contributed by atoms with Gasteiger partial charge in [0, 0.05) is 25.7 Å². The van der Waals surface area contributed by atoms with Crippen LogP contribution >= 0.6 is 23.2 Å². The highest BCUT2D eigenvalue weighted by molar-refractivity contribution is 6.42. The Labute approximate surface area is 169 Å². The molecule has 1 N–H and O–H groups in total. The number of hydrogen-bond donors (Lipinski definition) is 1. The highest BCUT2D eigenvalue weighted by Gasteiger charge is 2.24. The van der Waals surface area contributed by atoms with Crippen LogP contribution in [0.1, 0.15) is 12.0 Å². The van der Waals surface area contributed by atoms with Crippen molar-refractivity contribution in [2.75, 3.05) is 26.2 Å². The van der Waals surface area contributed by atoms with E-state index < -0.39 is 0 Å². The Morgan fingerprint density at radius 3 is 2.78 bits per heavy atom. The minimum atomic E-state index is -0.288. The molecule has 0 unspecified atom stereocenters. The van der Waals surface area contributed by atoms with E-state index in [1.165, 1.54) is 0 Å². The molecule has 5 nitrogen and oxygen atoms in total. The summed E-state index contributed by atoms with van der Waals surface area (Å²) in [5.41, 5.74) is 0.976. The molecule has 2 aromatic rings. The SMILES string of the molecule is O=C(OCc1ccccc1)N1CCN[C@H](CCOc2cccc(Cl)c2Cl)C1. The summed E-state index contributed by atoms with van der Waals surface area (Å²) in [5.74, 6) is 0.569. The zero-order chi connectivity index (χ0) is 19.1. The summed E-state index contributed by atoms with van der Waals surface area (Å²) in [6.45, 7) is 2.70. The Bertz CT molecular complexity index is 758. The van der Waals surface area contributed by atoms with Crippen molar-refractivity contribution in [1.29, 1.82) is 0 Å². The molecular formula is C20H22Cl2N2O3. The molecule has 7 heteroatoms. The Morgan fingerprint density at radius 2 is 1.96 bits per heavy atom. The first-order valence-corrected chi connectivity index (χ1v) is 9.65. The molecule has 27 heavy (non-hydrogen) atoms. The molecule has 0 saturated carbocycles. The predicted molar refractivity (Wildman–Crippen MR) is 107 cm³/mol. The van der Waals surface area contributed by atoms with Crippen molar-refractivity contribution in [3.05, 3.63) is 64.1 Å². The summed E-state index contributed by atoms with van der Waals surface area (Å²) in [7, 11) is 0. The van der Waals surface area contributed by atoms with E-state index in [4.69, 9.17) is 32.7 Å². The number of rotatable bonds is 6. The van der Waals surface area contributed by atoms with Gasteiger partial charge >= 0.3 is 6.09 Å². The lowest BCUT2D eigenvalue weighted by atomic mass is 10.1. The second-order valence-corrected chi connectivity index (χ2v) is 7.11. The molecule has 1 atom stereocenters. The van der Waals surface area contributed by atoms with Crippen molar-refractivity contribution in [3.8, 4) is 5.75 Å². The lowest BCUT2D eigenvalue weighted by Gasteiger charge is -2.33. The highest BCUT2D eigenvalue weighted by atomic mass is 35.5. The third-order valence-electron chi connectivity index (χ3n) is 4.36. The van der Waals surface area contributed by atoms with Crippen molar-refractivity contribution in [3.63, 3.8) is 0 Å². The highest BCUT2D eigenvalue weighted by Crippen LogP contribution is 2.31. The summed E-state index contributed by atoms with van der Waals surface area (Å²) >= 11 is 12.1. The van der Waals surface area contributed by atoms with E-state index in [0.29, 0.717) is 35.5 Å². The number of hydrogen-bond acceptors (Lipinski definition) is 4. The summed E-state index contributed by atoms with van der Waals surface area (Å²) in [6.07, 6.45) is 0.454. The van der Waals surface area contributed by atoms with Crippen molar-refractivity contribution >= 4 is 29.3 Å². The number of halogens is 2. The van der Waals surface area contributed by atoms with Gasteiger partial charge in [-0.05, 0) is 24.1 Å². The van der Waals surface area contributed by atoms with Crippen LogP contribution in [-0.4, -0.2) is 43.3 Å². The molecule has 1 aliphatic heterocycles. The van der Waals surface area contributed by atoms with Crippen LogP contribution in [0.2, 0.25) is 10.0 Å². The van der Waals surface area contributed by atoms with Crippen molar-refractivity contribution in [2.24, 2.45) is 0 Å². The first-order chi connectivity index (χ1) is 13.1. The summed E-state index contributed by atoms with van der Waals surface area (Å²) in [6, 6.07) is 15.1. The Balaban J connectivity index is 1.43.